The average Bonchev–Trinajstić information content (AvgIpc) is 2.71. The lowest BCUT2D eigenvalue weighted by atomic mass is 10.1. The first-order valence-corrected chi connectivity index (χ1v) is 9.35. The van der Waals surface area contributed by atoms with Gasteiger partial charge >= 0.3 is 5.97 Å². The smallest absolute Gasteiger partial charge is 0.303 e. The molecular formula is C20H22N2O8. The Kier molecular flexibility index (Phi) is 8.55. The number of hydrogen-bond acceptors (Lipinski definition) is 7. The summed E-state index contributed by atoms with van der Waals surface area (Å²) in [5.74, 6) is 0.101. The zero-order valence-corrected chi connectivity index (χ0v) is 16.1. The van der Waals surface area contributed by atoms with Crippen molar-refractivity contribution < 1.29 is 29.2 Å². The molecule has 0 fully saturated rings. The lowest BCUT2D eigenvalue weighted by Crippen LogP contribution is -2.20. The monoisotopic (exact) mass is 418 g/mol. The summed E-state index contributed by atoms with van der Waals surface area (Å²) in [5, 5.41) is 30.2. The number of benzene rings is 2. The minimum atomic E-state index is -0.857. The highest BCUT2D eigenvalue weighted by molar-refractivity contribution is 5.66. The molecule has 0 heterocycles. The SMILES string of the molecule is O=C(O)CCCCC(CCOc1ccc([N+](=O)[O-])cc1)Oc1ccc([N+](=O)[O-])cc1. The zero-order chi connectivity index (χ0) is 21.9. The van der Waals surface area contributed by atoms with Crippen LogP contribution in [0, 0.1) is 20.2 Å². The molecule has 0 aromatic heterocycles. The van der Waals surface area contributed by atoms with Crippen molar-refractivity contribution in [2.45, 2.75) is 38.2 Å². The number of carboxylic acids is 1. The fourth-order valence-corrected chi connectivity index (χ4v) is 2.72. The van der Waals surface area contributed by atoms with Crippen LogP contribution in [0.5, 0.6) is 11.5 Å². The van der Waals surface area contributed by atoms with Crippen molar-refractivity contribution >= 4 is 17.3 Å². The van der Waals surface area contributed by atoms with Crippen LogP contribution in [0.1, 0.15) is 32.1 Å². The number of aliphatic carboxylic acids is 1. The number of ether oxygens (including phenoxy) is 2. The van der Waals surface area contributed by atoms with E-state index in [2.05, 4.69) is 0 Å². The molecule has 0 saturated carbocycles. The van der Waals surface area contributed by atoms with E-state index in [4.69, 9.17) is 14.6 Å². The second-order valence-electron chi connectivity index (χ2n) is 6.52. The van der Waals surface area contributed by atoms with E-state index in [0.717, 1.165) is 0 Å². The Morgan fingerprint density at radius 3 is 1.90 bits per heavy atom. The predicted octanol–water partition coefficient (Wildman–Crippen LogP) is 4.36. The molecule has 30 heavy (non-hydrogen) atoms. The first kappa shape index (κ1) is 22.6. The number of non-ortho nitro benzene ring substituents is 2. The van der Waals surface area contributed by atoms with Crippen LogP contribution in [0.25, 0.3) is 0 Å². The molecular weight excluding hydrogens is 396 g/mol. The maximum atomic E-state index is 10.8. The standard InChI is InChI=1S/C20H22N2O8/c23-20(24)4-2-1-3-18(30-19-11-7-16(8-12-19)22(27)28)13-14-29-17-9-5-15(6-10-17)21(25)26/h5-12,18H,1-4,13-14H2,(H,23,24). The molecule has 0 spiro atoms. The molecule has 0 amide bonds. The van der Waals surface area contributed by atoms with Gasteiger partial charge in [-0.2, -0.15) is 0 Å². The van der Waals surface area contributed by atoms with Crippen LogP contribution >= 0.6 is 0 Å². The topological polar surface area (TPSA) is 142 Å². The fourth-order valence-electron chi connectivity index (χ4n) is 2.72. The predicted molar refractivity (Wildman–Crippen MR) is 107 cm³/mol. The molecule has 1 unspecified atom stereocenters. The molecule has 10 nitrogen and oxygen atoms in total. The second-order valence-corrected chi connectivity index (χ2v) is 6.52. The Morgan fingerprint density at radius 1 is 0.867 bits per heavy atom. The van der Waals surface area contributed by atoms with Crippen molar-refractivity contribution in [2.24, 2.45) is 0 Å². The van der Waals surface area contributed by atoms with Gasteiger partial charge in [0.2, 0.25) is 0 Å². The molecule has 2 aromatic rings. The molecule has 1 atom stereocenters. The average molecular weight is 418 g/mol. The minimum Gasteiger partial charge on any atom is -0.493 e. The summed E-state index contributed by atoms with van der Waals surface area (Å²) >= 11 is 0. The van der Waals surface area contributed by atoms with E-state index < -0.39 is 15.8 Å². The van der Waals surface area contributed by atoms with Crippen molar-refractivity contribution in [2.75, 3.05) is 6.61 Å². The molecule has 2 aromatic carbocycles. The van der Waals surface area contributed by atoms with Gasteiger partial charge in [-0.3, -0.25) is 25.0 Å². The second kappa shape index (κ2) is 11.3. The summed E-state index contributed by atoms with van der Waals surface area (Å²) in [6.07, 6.45) is 2.02. The largest absolute Gasteiger partial charge is 0.493 e. The number of rotatable bonds is 13. The van der Waals surface area contributed by atoms with Crippen molar-refractivity contribution in [3.8, 4) is 11.5 Å². The van der Waals surface area contributed by atoms with Gasteiger partial charge in [-0.15, -0.1) is 0 Å². The number of nitro benzene ring substituents is 2. The summed E-state index contributed by atoms with van der Waals surface area (Å²) in [4.78, 5) is 31.1. The minimum absolute atomic E-state index is 0.0276. The van der Waals surface area contributed by atoms with Gasteiger partial charge in [0.1, 0.15) is 17.6 Å². The van der Waals surface area contributed by atoms with Crippen LogP contribution < -0.4 is 9.47 Å². The van der Waals surface area contributed by atoms with E-state index in [1.807, 2.05) is 0 Å². The third kappa shape index (κ3) is 7.74. The quantitative estimate of drug-likeness (QED) is 0.287. The summed E-state index contributed by atoms with van der Waals surface area (Å²) in [6.45, 7) is 0.286. The first-order valence-electron chi connectivity index (χ1n) is 9.35. The molecule has 10 heteroatoms. The van der Waals surface area contributed by atoms with E-state index in [1.165, 1.54) is 48.5 Å². The molecule has 0 saturated heterocycles. The lowest BCUT2D eigenvalue weighted by Gasteiger charge is -2.19. The summed E-state index contributed by atoms with van der Waals surface area (Å²) < 4.78 is 11.5. The van der Waals surface area contributed by atoms with Crippen LogP contribution in [0.15, 0.2) is 48.5 Å². The van der Waals surface area contributed by atoms with Gasteiger partial charge in [-0.1, -0.05) is 0 Å². The third-order valence-electron chi connectivity index (χ3n) is 4.27. The van der Waals surface area contributed by atoms with Gasteiger partial charge < -0.3 is 14.6 Å². The molecule has 0 aliphatic rings. The Labute approximate surface area is 172 Å². The van der Waals surface area contributed by atoms with E-state index in [9.17, 15) is 25.0 Å². The van der Waals surface area contributed by atoms with Gasteiger partial charge in [0.05, 0.1) is 16.5 Å². The number of hydrogen-bond donors (Lipinski definition) is 1. The van der Waals surface area contributed by atoms with Crippen molar-refractivity contribution in [1.29, 1.82) is 0 Å². The maximum absolute atomic E-state index is 10.8. The number of carboxylic acid groups (broad SMARTS) is 1. The Morgan fingerprint density at radius 2 is 1.40 bits per heavy atom. The highest BCUT2D eigenvalue weighted by Gasteiger charge is 2.13. The van der Waals surface area contributed by atoms with Gasteiger partial charge in [0.25, 0.3) is 11.4 Å². The molecule has 1 N–H and O–H groups in total. The van der Waals surface area contributed by atoms with E-state index in [-0.39, 0.29) is 30.5 Å². The summed E-state index contributed by atoms with van der Waals surface area (Å²) in [6, 6.07) is 11.5. The van der Waals surface area contributed by atoms with E-state index in [0.29, 0.717) is 37.2 Å². The molecule has 0 bridgehead atoms. The van der Waals surface area contributed by atoms with Crippen LogP contribution in [0.3, 0.4) is 0 Å². The van der Waals surface area contributed by atoms with Crippen LogP contribution in [0.2, 0.25) is 0 Å². The number of nitro groups is 2. The Hall–Kier alpha value is -3.69. The Balaban J connectivity index is 1.91. The van der Waals surface area contributed by atoms with Crippen molar-refractivity contribution in [3.63, 3.8) is 0 Å². The molecule has 160 valence electrons. The van der Waals surface area contributed by atoms with Crippen molar-refractivity contribution in [3.05, 3.63) is 68.8 Å². The molecule has 2 rings (SSSR count). The lowest BCUT2D eigenvalue weighted by molar-refractivity contribution is -0.385. The highest BCUT2D eigenvalue weighted by Crippen LogP contribution is 2.22. The molecule has 0 aliphatic heterocycles. The van der Waals surface area contributed by atoms with Gasteiger partial charge in [-0.25, -0.2) is 0 Å². The van der Waals surface area contributed by atoms with Crippen LogP contribution in [-0.2, 0) is 4.79 Å². The van der Waals surface area contributed by atoms with E-state index in [1.54, 1.807) is 0 Å². The number of unbranched alkanes of at least 4 members (excludes halogenated alkanes) is 1. The number of carbonyl (C=O) groups is 1. The van der Waals surface area contributed by atoms with Gasteiger partial charge in [0, 0.05) is 37.1 Å². The molecule has 0 aliphatic carbocycles. The first-order chi connectivity index (χ1) is 14.3. The molecule has 0 radical (unpaired) electrons. The fraction of sp³-hybridized carbons (Fsp3) is 0.350. The summed E-state index contributed by atoms with van der Waals surface area (Å²) in [7, 11) is 0. The summed E-state index contributed by atoms with van der Waals surface area (Å²) in [5.41, 5.74) is -0.0676. The van der Waals surface area contributed by atoms with Gasteiger partial charge in [-0.05, 0) is 43.5 Å². The van der Waals surface area contributed by atoms with E-state index >= 15 is 0 Å². The highest BCUT2D eigenvalue weighted by atomic mass is 16.6. The Bertz CT molecular complexity index is 852. The van der Waals surface area contributed by atoms with Crippen molar-refractivity contribution in [1.82, 2.24) is 0 Å². The normalized spacial score (nSPS) is 11.5. The van der Waals surface area contributed by atoms with Crippen LogP contribution in [-0.4, -0.2) is 33.6 Å². The van der Waals surface area contributed by atoms with Gasteiger partial charge in [0.15, 0.2) is 0 Å². The number of nitrogens with zero attached hydrogens (tertiary/aromatic N) is 2. The zero-order valence-electron chi connectivity index (χ0n) is 16.1. The van der Waals surface area contributed by atoms with Crippen LogP contribution in [0.4, 0.5) is 11.4 Å². The third-order valence-corrected chi connectivity index (χ3v) is 4.27. The maximum Gasteiger partial charge on any atom is 0.303 e.